The summed E-state index contributed by atoms with van der Waals surface area (Å²) in [7, 11) is 0. The predicted molar refractivity (Wildman–Crippen MR) is 67.5 cm³/mol. The maximum absolute atomic E-state index is 11.1. The van der Waals surface area contributed by atoms with Crippen LogP contribution >= 0.6 is 11.8 Å². The van der Waals surface area contributed by atoms with Crippen molar-refractivity contribution in [3.63, 3.8) is 0 Å². The molecule has 0 saturated heterocycles. The number of aromatic nitrogens is 2. The Morgan fingerprint density at radius 3 is 2.50 bits per heavy atom. The Morgan fingerprint density at radius 2 is 2.00 bits per heavy atom. The van der Waals surface area contributed by atoms with Crippen LogP contribution < -0.4 is 5.73 Å². The van der Waals surface area contributed by atoms with Crippen LogP contribution in [-0.2, 0) is 4.79 Å². The van der Waals surface area contributed by atoms with E-state index in [4.69, 9.17) is 10.8 Å². The van der Waals surface area contributed by atoms with Gasteiger partial charge in [0.1, 0.15) is 16.4 Å². The predicted octanol–water partition coefficient (Wildman–Crippen LogP) is 1.01. The van der Waals surface area contributed by atoms with Crippen molar-refractivity contribution < 1.29 is 14.7 Å². The lowest BCUT2D eigenvalue weighted by atomic mass is 10.2. The van der Waals surface area contributed by atoms with Crippen LogP contribution in [0.1, 0.15) is 28.8 Å². The molecule has 0 spiro atoms. The largest absolute Gasteiger partial charge is 0.478 e. The summed E-state index contributed by atoms with van der Waals surface area (Å²) in [5.41, 5.74) is 5.66. The van der Waals surface area contributed by atoms with E-state index < -0.39 is 11.9 Å². The highest BCUT2D eigenvalue weighted by atomic mass is 32.2. The normalized spacial score (nSPS) is 12.2. The molecule has 1 unspecified atom stereocenters. The van der Waals surface area contributed by atoms with Crippen molar-refractivity contribution in [2.75, 3.05) is 5.75 Å². The van der Waals surface area contributed by atoms with Crippen molar-refractivity contribution in [1.82, 2.24) is 9.97 Å². The summed E-state index contributed by atoms with van der Waals surface area (Å²) in [6, 6.07) is 0. The average Bonchev–Trinajstić information content (AvgIpc) is 2.23. The zero-order chi connectivity index (χ0) is 13.9. The van der Waals surface area contributed by atoms with E-state index in [0.717, 1.165) is 0 Å². The quantitative estimate of drug-likeness (QED) is 0.610. The monoisotopic (exact) mass is 269 g/mol. The van der Waals surface area contributed by atoms with Gasteiger partial charge in [-0.2, -0.15) is 0 Å². The molecule has 0 saturated carbocycles. The molecular formula is C11H15N3O3S. The number of carbonyl (C=O) groups is 2. The first-order valence-electron chi connectivity index (χ1n) is 5.33. The van der Waals surface area contributed by atoms with Gasteiger partial charge in [-0.25, -0.2) is 14.8 Å². The number of primary amides is 1. The molecule has 3 N–H and O–H groups in total. The van der Waals surface area contributed by atoms with Gasteiger partial charge in [0.15, 0.2) is 0 Å². The molecule has 0 fully saturated rings. The zero-order valence-corrected chi connectivity index (χ0v) is 11.2. The topological polar surface area (TPSA) is 106 Å². The summed E-state index contributed by atoms with van der Waals surface area (Å²) in [5, 5.41) is 9.50. The Labute approximate surface area is 109 Å². The van der Waals surface area contributed by atoms with Gasteiger partial charge in [0.25, 0.3) is 0 Å². The Kier molecular flexibility index (Phi) is 4.66. The molecule has 6 nitrogen and oxygen atoms in total. The van der Waals surface area contributed by atoms with Gasteiger partial charge in [0.2, 0.25) is 5.91 Å². The molecule has 0 aromatic carbocycles. The minimum Gasteiger partial charge on any atom is -0.478 e. The van der Waals surface area contributed by atoms with Crippen LogP contribution in [0.5, 0.6) is 0 Å². The van der Waals surface area contributed by atoms with E-state index in [0.29, 0.717) is 22.3 Å². The second-order valence-electron chi connectivity index (χ2n) is 3.96. The first-order valence-corrected chi connectivity index (χ1v) is 6.32. The van der Waals surface area contributed by atoms with Crippen LogP contribution in [0.4, 0.5) is 0 Å². The Balaban J connectivity index is 3.00. The molecule has 1 rings (SSSR count). The molecule has 1 heterocycles. The van der Waals surface area contributed by atoms with Crippen LogP contribution in [-0.4, -0.2) is 32.7 Å². The zero-order valence-electron chi connectivity index (χ0n) is 10.4. The van der Waals surface area contributed by atoms with Gasteiger partial charge in [-0.15, -0.1) is 11.8 Å². The molecule has 1 amide bonds. The minimum atomic E-state index is -1.07. The Bertz CT molecular complexity index is 491. The lowest BCUT2D eigenvalue weighted by Crippen LogP contribution is -2.22. The van der Waals surface area contributed by atoms with Gasteiger partial charge in [-0.1, -0.05) is 6.92 Å². The third-order valence-electron chi connectivity index (χ3n) is 2.34. The summed E-state index contributed by atoms with van der Waals surface area (Å²) in [4.78, 5) is 30.2. The van der Waals surface area contributed by atoms with E-state index in [9.17, 15) is 9.59 Å². The average molecular weight is 269 g/mol. The number of carboxylic acid groups (broad SMARTS) is 1. The van der Waals surface area contributed by atoms with Crippen LogP contribution in [0, 0.1) is 19.8 Å². The summed E-state index contributed by atoms with van der Waals surface area (Å²) in [5.74, 6) is -0.923. The number of aryl methyl sites for hydroxylation is 2. The fraction of sp³-hybridized carbons (Fsp3) is 0.455. The minimum absolute atomic E-state index is 0.0854. The van der Waals surface area contributed by atoms with E-state index in [-0.39, 0.29) is 11.5 Å². The first kappa shape index (κ1) is 14.4. The van der Waals surface area contributed by atoms with E-state index >= 15 is 0 Å². The number of hydrogen-bond acceptors (Lipinski definition) is 5. The third-order valence-corrected chi connectivity index (χ3v) is 3.57. The van der Waals surface area contributed by atoms with Crippen LogP contribution in [0.15, 0.2) is 5.03 Å². The molecule has 18 heavy (non-hydrogen) atoms. The van der Waals surface area contributed by atoms with Crippen molar-refractivity contribution in [2.24, 2.45) is 11.7 Å². The highest BCUT2D eigenvalue weighted by Crippen LogP contribution is 2.24. The molecule has 0 aliphatic carbocycles. The second kappa shape index (κ2) is 5.81. The van der Waals surface area contributed by atoms with Crippen molar-refractivity contribution in [1.29, 1.82) is 0 Å². The number of nitrogens with two attached hydrogens (primary N) is 1. The fourth-order valence-electron chi connectivity index (χ4n) is 1.32. The van der Waals surface area contributed by atoms with Crippen LogP contribution in [0.2, 0.25) is 0 Å². The van der Waals surface area contributed by atoms with Crippen molar-refractivity contribution in [2.45, 2.75) is 25.8 Å². The molecule has 1 aromatic heterocycles. The van der Waals surface area contributed by atoms with Crippen LogP contribution in [0.25, 0.3) is 0 Å². The van der Waals surface area contributed by atoms with Gasteiger partial charge < -0.3 is 10.8 Å². The third kappa shape index (κ3) is 3.43. The Morgan fingerprint density at radius 1 is 1.39 bits per heavy atom. The standard InChI is InChI=1S/C11H15N3O3S/c1-5(9(12)15)4-18-10-8(11(16)17)6(2)13-7(3)14-10/h5H,4H2,1-3H3,(H2,12,15)(H,16,17). The number of amides is 1. The molecule has 1 aromatic rings. The molecule has 7 heteroatoms. The van der Waals surface area contributed by atoms with E-state index in [1.807, 2.05) is 0 Å². The van der Waals surface area contributed by atoms with Gasteiger partial charge in [0.05, 0.1) is 5.69 Å². The van der Waals surface area contributed by atoms with E-state index in [2.05, 4.69) is 9.97 Å². The SMILES string of the molecule is Cc1nc(C)c(C(=O)O)c(SCC(C)C(N)=O)n1. The maximum Gasteiger partial charge on any atom is 0.340 e. The van der Waals surface area contributed by atoms with Crippen molar-refractivity contribution in [3.05, 3.63) is 17.1 Å². The van der Waals surface area contributed by atoms with Gasteiger partial charge in [0, 0.05) is 11.7 Å². The Hall–Kier alpha value is -1.63. The van der Waals surface area contributed by atoms with E-state index in [1.165, 1.54) is 11.8 Å². The van der Waals surface area contributed by atoms with E-state index in [1.54, 1.807) is 20.8 Å². The molecule has 98 valence electrons. The smallest absolute Gasteiger partial charge is 0.340 e. The number of thioether (sulfide) groups is 1. The summed E-state index contributed by atoms with van der Waals surface area (Å²) in [6.45, 7) is 5.01. The molecule has 0 aliphatic heterocycles. The first-order chi connectivity index (χ1) is 8.32. The van der Waals surface area contributed by atoms with Crippen molar-refractivity contribution in [3.8, 4) is 0 Å². The molecule has 0 aliphatic rings. The summed E-state index contributed by atoms with van der Waals surface area (Å²) in [6.07, 6.45) is 0. The number of hydrogen-bond donors (Lipinski definition) is 2. The van der Waals surface area contributed by atoms with Gasteiger partial charge in [-0.3, -0.25) is 4.79 Å². The summed E-state index contributed by atoms with van der Waals surface area (Å²) >= 11 is 1.21. The number of carboxylic acids is 1. The van der Waals surface area contributed by atoms with Crippen LogP contribution in [0.3, 0.4) is 0 Å². The highest BCUT2D eigenvalue weighted by Gasteiger charge is 2.19. The second-order valence-corrected chi connectivity index (χ2v) is 4.96. The number of carbonyl (C=O) groups excluding carboxylic acids is 1. The number of nitrogens with zero attached hydrogens (tertiary/aromatic N) is 2. The molecule has 0 bridgehead atoms. The molecular weight excluding hydrogens is 254 g/mol. The lowest BCUT2D eigenvalue weighted by Gasteiger charge is -2.10. The van der Waals surface area contributed by atoms with Gasteiger partial charge >= 0.3 is 5.97 Å². The van der Waals surface area contributed by atoms with Gasteiger partial charge in [-0.05, 0) is 13.8 Å². The number of aromatic carboxylic acids is 1. The lowest BCUT2D eigenvalue weighted by molar-refractivity contribution is -0.120. The highest BCUT2D eigenvalue weighted by molar-refractivity contribution is 7.99. The molecule has 0 radical (unpaired) electrons. The molecule has 1 atom stereocenters. The fourth-order valence-corrected chi connectivity index (χ4v) is 2.47. The number of rotatable bonds is 5. The van der Waals surface area contributed by atoms with Crippen molar-refractivity contribution >= 4 is 23.6 Å². The maximum atomic E-state index is 11.1. The summed E-state index contributed by atoms with van der Waals surface area (Å²) < 4.78 is 0.